The fraction of sp³-hybridized carbons (Fsp3) is 0.438. The summed E-state index contributed by atoms with van der Waals surface area (Å²) >= 11 is 0. The first kappa shape index (κ1) is 30.3. The van der Waals surface area contributed by atoms with Crippen molar-refractivity contribution in [2.75, 3.05) is 41.8 Å². The van der Waals surface area contributed by atoms with Gasteiger partial charge in [-0.2, -0.15) is 10.1 Å². The molecule has 0 spiro atoms. The van der Waals surface area contributed by atoms with Gasteiger partial charge in [0.05, 0.1) is 5.69 Å². The average Bonchev–Trinajstić information content (AvgIpc) is 3.47. The molecule has 0 aliphatic carbocycles. The highest BCUT2D eigenvalue weighted by Gasteiger charge is 2.25. The normalized spacial score (nSPS) is 16.0. The Morgan fingerprint density at radius 2 is 1.71 bits per heavy atom. The first-order valence-corrected chi connectivity index (χ1v) is 15.4. The number of benzene rings is 1. The molecule has 0 unspecified atom stereocenters. The number of aryl methyl sites for hydroxylation is 2. The van der Waals surface area contributed by atoms with Crippen LogP contribution in [0.15, 0.2) is 42.7 Å². The van der Waals surface area contributed by atoms with Crippen molar-refractivity contribution < 1.29 is 14.3 Å². The molecule has 6 rings (SSSR count). The summed E-state index contributed by atoms with van der Waals surface area (Å²) in [5, 5.41) is 22.8. The number of hydrogen-bond acceptors (Lipinski definition) is 10. The quantitative estimate of drug-likeness (QED) is 0.255. The van der Waals surface area contributed by atoms with Crippen LogP contribution in [0.4, 0.5) is 22.2 Å². The third-order valence-corrected chi connectivity index (χ3v) is 8.50. The maximum Gasteiger partial charge on any atom is 0.319 e. The summed E-state index contributed by atoms with van der Waals surface area (Å²) in [5.41, 5.74) is 5.51. The largest absolute Gasteiger partial charge is 0.439 e. The molecule has 2 aliphatic heterocycles. The van der Waals surface area contributed by atoms with E-state index in [2.05, 4.69) is 60.0 Å². The summed E-state index contributed by atoms with van der Waals surface area (Å²) in [7, 11) is 1.90. The zero-order valence-electron chi connectivity index (χ0n) is 26.2. The van der Waals surface area contributed by atoms with Gasteiger partial charge in [-0.1, -0.05) is 0 Å². The Bertz CT molecular complexity index is 1630. The van der Waals surface area contributed by atoms with Crippen molar-refractivity contribution in [3.8, 4) is 23.0 Å². The Balaban J connectivity index is 0.988. The molecular weight excluding hydrogens is 572 g/mol. The zero-order valence-corrected chi connectivity index (χ0v) is 26.2. The predicted octanol–water partition coefficient (Wildman–Crippen LogP) is 4.77. The molecule has 0 bridgehead atoms. The maximum atomic E-state index is 12.8. The van der Waals surface area contributed by atoms with Crippen molar-refractivity contribution in [1.29, 1.82) is 0 Å². The van der Waals surface area contributed by atoms with E-state index in [1.165, 1.54) is 0 Å². The second-order valence-corrected chi connectivity index (χ2v) is 11.7. The molecule has 2 amide bonds. The molecule has 1 aromatic carbocycles. The van der Waals surface area contributed by atoms with E-state index in [0.717, 1.165) is 85.9 Å². The number of piperidine rings is 1. The molecule has 3 N–H and O–H groups in total. The lowest BCUT2D eigenvalue weighted by molar-refractivity contribution is 0.0903. The van der Waals surface area contributed by atoms with E-state index in [0.29, 0.717) is 23.3 Å². The van der Waals surface area contributed by atoms with Crippen LogP contribution in [0.2, 0.25) is 0 Å². The van der Waals surface area contributed by atoms with Crippen LogP contribution < -0.4 is 25.6 Å². The Labute approximate surface area is 262 Å². The third kappa shape index (κ3) is 7.14. The Kier molecular flexibility index (Phi) is 9.06. The lowest BCUT2D eigenvalue weighted by atomic mass is 10.0. The molecule has 236 valence electrons. The van der Waals surface area contributed by atoms with Crippen LogP contribution in [-0.2, 0) is 11.8 Å². The van der Waals surface area contributed by atoms with E-state index in [1.807, 2.05) is 49.0 Å². The summed E-state index contributed by atoms with van der Waals surface area (Å²) in [6, 6.07) is 9.32. The SMILES string of the molecule is Cc1cnc(NC2CCOCC2)nc1Oc1ccc(NC(=O)NC2CCN(c3nnc(-c4ccnn4C)c(C)c3C)CC2)cc1. The van der Waals surface area contributed by atoms with E-state index >= 15 is 0 Å². The molecule has 0 radical (unpaired) electrons. The van der Waals surface area contributed by atoms with Gasteiger partial charge in [-0.15, -0.1) is 10.2 Å². The van der Waals surface area contributed by atoms with Gasteiger partial charge in [0, 0.05) is 69.1 Å². The monoisotopic (exact) mass is 612 g/mol. The predicted molar refractivity (Wildman–Crippen MR) is 172 cm³/mol. The highest BCUT2D eigenvalue weighted by molar-refractivity contribution is 5.89. The molecule has 45 heavy (non-hydrogen) atoms. The van der Waals surface area contributed by atoms with Gasteiger partial charge >= 0.3 is 6.03 Å². The van der Waals surface area contributed by atoms with Gasteiger partial charge < -0.3 is 30.3 Å². The van der Waals surface area contributed by atoms with Crippen LogP contribution in [-0.4, -0.2) is 74.4 Å². The van der Waals surface area contributed by atoms with Crippen LogP contribution in [0.5, 0.6) is 11.6 Å². The minimum Gasteiger partial charge on any atom is -0.439 e. The molecule has 2 saturated heterocycles. The van der Waals surface area contributed by atoms with Crippen molar-refractivity contribution >= 4 is 23.5 Å². The van der Waals surface area contributed by atoms with Gasteiger partial charge in [0.1, 0.15) is 11.4 Å². The molecule has 3 aromatic heterocycles. The molecule has 5 heterocycles. The maximum absolute atomic E-state index is 12.8. The van der Waals surface area contributed by atoms with E-state index in [-0.39, 0.29) is 18.1 Å². The number of hydrogen-bond donors (Lipinski definition) is 3. The highest BCUT2D eigenvalue weighted by atomic mass is 16.5. The molecule has 4 aromatic rings. The first-order valence-electron chi connectivity index (χ1n) is 15.4. The van der Waals surface area contributed by atoms with Gasteiger partial charge in [-0.25, -0.2) is 9.78 Å². The van der Waals surface area contributed by atoms with Gasteiger partial charge in [0.2, 0.25) is 11.8 Å². The highest BCUT2D eigenvalue weighted by Crippen LogP contribution is 2.29. The number of rotatable bonds is 8. The van der Waals surface area contributed by atoms with Gasteiger partial charge in [-0.3, -0.25) is 4.68 Å². The van der Waals surface area contributed by atoms with E-state index in [9.17, 15) is 4.79 Å². The van der Waals surface area contributed by atoms with Crippen LogP contribution in [0.25, 0.3) is 11.4 Å². The number of aromatic nitrogens is 6. The zero-order chi connectivity index (χ0) is 31.3. The second kappa shape index (κ2) is 13.5. The summed E-state index contributed by atoms with van der Waals surface area (Å²) < 4.78 is 13.3. The molecule has 2 fully saturated rings. The fourth-order valence-corrected chi connectivity index (χ4v) is 5.67. The van der Waals surface area contributed by atoms with Crippen molar-refractivity contribution in [3.63, 3.8) is 0 Å². The number of nitrogens with zero attached hydrogens (tertiary/aromatic N) is 7. The summed E-state index contributed by atoms with van der Waals surface area (Å²) in [4.78, 5) is 24.0. The summed E-state index contributed by atoms with van der Waals surface area (Å²) in [6.45, 7) is 9.12. The van der Waals surface area contributed by atoms with Crippen molar-refractivity contribution in [2.45, 2.75) is 58.5 Å². The Morgan fingerprint density at radius 1 is 0.956 bits per heavy atom. The minimum absolute atomic E-state index is 0.0663. The van der Waals surface area contributed by atoms with Crippen LogP contribution in [0, 0.1) is 20.8 Å². The van der Waals surface area contributed by atoms with Gasteiger partial charge in [0.25, 0.3) is 0 Å². The Morgan fingerprint density at radius 3 is 2.42 bits per heavy atom. The number of amides is 2. The van der Waals surface area contributed by atoms with Crippen LogP contribution >= 0.6 is 0 Å². The fourth-order valence-electron chi connectivity index (χ4n) is 5.67. The van der Waals surface area contributed by atoms with Crippen molar-refractivity contribution in [1.82, 2.24) is 35.3 Å². The number of urea groups is 1. The first-order chi connectivity index (χ1) is 21.8. The molecule has 13 nitrogen and oxygen atoms in total. The van der Waals surface area contributed by atoms with Crippen LogP contribution in [0.1, 0.15) is 42.4 Å². The second-order valence-electron chi connectivity index (χ2n) is 11.7. The number of carbonyl (C=O) groups is 1. The molecular formula is C32H40N10O3. The molecule has 0 atom stereocenters. The average molecular weight is 613 g/mol. The molecule has 0 saturated carbocycles. The topological polar surface area (TPSA) is 144 Å². The van der Waals surface area contributed by atoms with Crippen molar-refractivity contribution in [2.24, 2.45) is 7.05 Å². The van der Waals surface area contributed by atoms with Gasteiger partial charge in [-0.05, 0) is 87.9 Å². The lowest BCUT2D eigenvalue weighted by Gasteiger charge is -2.34. The molecule has 2 aliphatic rings. The lowest BCUT2D eigenvalue weighted by Crippen LogP contribution is -2.46. The van der Waals surface area contributed by atoms with E-state index in [4.69, 9.17) is 9.47 Å². The number of anilines is 3. The number of nitrogens with one attached hydrogen (secondary N) is 3. The smallest absolute Gasteiger partial charge is 0.319 e. The van der Waals surface area contributed by atoms with Crippen LogP contribution in [0.3, 0.4) is 0 Å². The van der Waals surface area contributed by atoms with Crippen molar-refractivity contribution in [3.05, 3.63) is 59.4 Å². The standard InChI is InChI=1S/C32H40N10O3/c1-20-19-33-31(35-25-12-17-44-18-13-25)38-30(20)45-26-7-5-23(6-8-26)36-32(43)37-24-10-15-42(16-11-24)29-22(3)21(2)28(39-40-29)27-9-14-34-41(27)4/h5-9,14,19,24-25H,10-13,15-18H2,1-4H3,(H,33,35,38)(H2,36,37,43). The minimum atomic E-state index is -0.232. The summed E-state index contributed by atoms with van der Waals surface area (Å²) in [6.07, 6.45) is 6.99. The summed E-state index contributed by atoms with van der Waals surface area (Å²) in [5.74, 6) is 2.55. The number of ether oxygens (including phenoxy) is 2. The van der Waals surface area contributed by atoms with E-state index < -0.39 is 0 Å². The molecule has 13 heteroatoms. The Hall–Kier alpha value is -4.78. The number of carbonyl (C=O) groups excluding carboxylic acids is 1. The van der Waals surface area contributed by atoms with Gasteiger partial charge in [0.15, 0.2) is 5.82 Å². The van der Waals surface area contributed by atoms with E-state index in [1.54, 1.807) is 12.4 Å². The third-order valence-electron chi connectivity index (χ3n) is 8.50.